The zero-order valence-electron chi connectivity index (χ0n) is 14.7. The summed E-state index contributed by atoms with van der Waals surface area (Å²) >= 11 is 0. The highest BCUT2D eigenvalue weighted by atomic mass is 16.5. The SMILES string of the molecule is Cc1nn(CN(C)CCCOc2ccccc2)c(=O)c2noc(C)c12. The standard InChI is InChI=1S/C18H22N4O3/c1-13-16-14(2)25-20-17(16)18(23)22(19-13)12-21(3)10-7-11-24-15-8-5-4-6-9-15/h4-6,8-9H,7,10-12H2,1-3H3. The normalized spacial score (nSPS) is 11.4. The Bertz CT molecular complexity index is 902. The van der Waals surface area contributed by atoms with Crippen molar-refractivity contribution in [1.82, 2.24) is 19.8 Å². The fourth-order valence-electron chi connectivity index (χ4n) is 2.78. The number of para-hydroxylation sites is 1. The summed E-state index contributed by atoms with van der Waals surface area (Å²) in [7, 11) is 1.95. The number of aryl methyl sites for hydroxylation is 2. The highest BCUT2D eigenvalue weighted by Gasteiger charge is 2.15. The summed E-state index contributed by atoms with van der Waals surface area (Å²) in [5, 5.41) is 8.96. The molecule has 1 aromatic carbocycles. The predicted octanol–water partition coefficient (Wildman–Crippen LogP) is 2.36. The number of ether oxygens (including phenoxy) is 1. The van der Waals surface area contributed by atoms with E-state index in [1.54, 1.807) is 6.92 Å². The molecule has 0 saturated carbocycles. The summed E-state index contributed by atoms with van der Waals surface area (Å²) in [5.74, 6) is 1.49. The molecule has 0 bridgehead atoms. The van der Waals surface area contributed by atoms with E-state index in [4.69, 9.17) is 9.26 Å². The molecule has 3 aromatic rings. The number of hydrogen-bond donors (Lipinski definition) is 0. The minimum Gasteiger partial charge on any atom is -0.494 e. The van der Waals surface area contributed by atoms with Crippen molar-refractivity contribution >= 4 is 10.9 Å². The molecule has 7 heteroatoms. The monoisotopic (exact) mass is 342 g/mol. The Morgan fingerprint density at radius 1 is 1.24 bits per heavy atom. The van der Waals surface area contributed by atoms with Crippen LogP contribution in [0.3, 0.4) is 0 Å². The molecule has 2 aromatic heterocycles. The van der Waals surface area contributed by atoms with E-state index in [0.717, 1.165) is 24.4 Å². The largest absolute Gasteiger partial charge is 0.494 e. The summed E-state index contributed by atoms with van der Waals surface area (Å²) in [6.07, 6.45) is 0.852. The van der Waals surface area contributed by atoms with Crippen LogP contribution in [0.5, 0.6) is 5.75 Å². The van der Waals surface area contributed by atoms with Gasteiger partial charge in [0, 0.05) is 6.54 Å². The Morgan fingerprint density at radius 2 is 2.00 bits per heavy atom. The molecule has 0 fully saturated rings. The van der Waals surface area contributed by atoms with Crippen molar-refractivity contribution in [3.8, 4) is 5.75 Å². The highest BCUT2D eigenvalue weighted by Crippen LogP contribution is 2.16. The first-order chi connectivity index (χ1) is 12.1. The van der Waals surface area contributed by atoms with Crippen LogP contribution >= 0.6 is 0 Å². The van der Waals surface area contributed by atoms with E-state index in [2.05, 4.69) is 10.3 Å². The first-order valence-corrected chi connectivity index (χ1v) is 8.26. The van der Waals surface area contributed by atoms with Gasteiger partial charge in [-0.3, -0.25) is 9.69 Å². The highest BCUT2D eigenvalue weighted by molar-refractivity contribution is 5.81. The quantitative estimate of drug-likeness (QED) is 0.614. The molecule has 0 amide bonds. The number of nitrogens with zero attached hydrogens (tertiary/aromatic N) is 4. The summed E-state index contributed by atoms with van der Waals surface area (Å²) < 4.78 is 12.2. The molecule has 0 radical (unpaired) electrons. The molecule has 0 aliphatic heterocycles. The predicted molar refractivity (Wildman–Crippen MR) is 94.7 cm³/mol. The smallest absolute Gasteiger partial charge is 0.298 e. The van der Waals surface area contributed by atoms with Crippen LogP contribution < -0.4 is 10.3 Å². The van der Waals surface area contributed by atoms with Gasteiger partial charge in [0.25, 0.3) is 5.56 Å². The maximum absolute atomic E-state index is 12.5. The average Bonchev–Trinajstić information content (AvgIpc) is 3.00. The third kappa shape index (κ3) is 3.88. The fourth-order valence-corrected chi connectivity index (χ4v) is 2.78. The van der Waals surface area contributed by atoms with Gasteiger partial charge < -0.3 is 9.26 Å². The molecule has 0 N–H and O–H groups in total. The van der Waals surface area contributed by atoms with Crippen LogP contribution in [0.15, 0.2) is 39.6 Å². The van der Waals surface area contributed by atoms with E-state index >= 15 is 0 Å². The summed E-state index contributed by atoms with van der Waals surface area (Å²) in [6.45, 7) is 5.45. The van der Waals surface area contributed by atoms with Gasteiger partial charge in [0.15, 0.2) is 5.52 Å². The second-order valence-electron chi connectivity index (χ2n) is 6.09. The van der Waals surface area contributed by atoms with Gasteiger partial charge in [0.1, 0.15) is 11.5 Å². The number of aromatic nitrogens is 3. The van der Waals surface area contributed by atoms with Crippen LogP contribution in [-0.2, 0) is 6.67 Å². The molecule has 0 aliphatic rings. The van der Waals surface area contributed by atoms with Gasteiger partial charge >= 0.3 is 0 Å². The van der Waals surface area contributed by atoms with Crippen molar-refractivity contribution in [2.24, 2.45) is 0 Å². The summed E-state index contributed by atoms with van der Waals surface area (Å²) in [4.78, 5) is 14.5. The maximum atomic E-state index is 12.5. The van der Waals surface area contributed by atoms with Crippen LogP contribution in [0, 0.1) is 13.8 Å². The fraction of sp³-hybridized carbons (Fsp3) is 0.389. The molecule has 0 aliphatic carbocycles. The Hall–Kier alpha value is -2.67. The van der Waals surface area contributed by atoms with Crippen molar-refractivity contribution in [1.29, 1.82) is 0 Å². The second kappa shape index (κ2) is 7.48. The van der Waals surface area contributed by atoms with Gasteiger partial charge in [-0.05, 0) is 39.4 Å². The van der Waals surface area contributed by atoms with Gasteiger partial charge in [0.2, 0.25) is 0 Å². The van der Waals surface area contributed by atoms with E-state index in [9.17, 15) is 4.79 Å². The van der Waals surface area contributed by atoms with Crippen molar-refractivity contribution < 1.29 is 9.26 Å². The lowest BCUT2D eigenvalue weighted by Crippen LogP contribution is -2.33. The van der Waals surface area contributed by atoms with Gasteiger partial charge in [-0.2, -0.15) is 5.10 Å². The zero-order valence-corrected chi connectivity index (χ0v) is 14.7. The van der Waals surface area contributed by atoms with E-state index < -0.39 is 0 Å². The summed E-state index contributed by atoms with van der Waals surface area (Å²) in [5.41, 5.74) is 0.852. The Morgan fingerprint density at radius 3 is 2.76 bits per heavy atom. The minimum absolute atomic E-state index is 0.232. The molecule has 2 heterocycles. The third-order valence-corrected chi connectivity index (χ3v) is 4.00. The molecular formula is C18H22N4O3. The van der Waals surface area contributed by atoms with Crippen LogP contribution in [0.1, 0.15) is 17.9 Å². The van der Waals surface area contributed by atoms with Gasteiger partial charge in [-0.1, -0.05) is 23.4 Å². The molecule has 3 rings (SSSR count). The van der Waals surface area contributed by atoms with E-state index in [-0.39, 0.29) is 5.56 Å². The molecule has 132 valence electrons. The average molecular weight is 342 g/mol. The molecule has 0 atom stereocenters. The first kappa shape index (κ1) is 17.2. The van der Waals surface area contributed by atoms with Crippen molar-refractivity contribution in [2.75, 3.05) is 20.2 Å². The zero-order chi connectivity index (χ0) is 17.8. The molecule has 0 saturated heterocycles. The van der Waals surface area contributed by atoms with Gasteiger partial charge in [-0.15, -0.1) is 0 Å². The molecule has 7 nitrogen and oxygen atoms in total. The second-order valence-corrected chi connectivity index (χ2v) is 6.09. The lowest BCUT2D eigenvalue weighted by Gasteiger charge is -2.17. The number of rotatable bonds is 7. The van der Waals surface area contributed by atoms with E-state index in [1.807, 2.05) is 49.2 Å². The van der Waals surface area contributed by atoms with Crippen LogP contribution in [0.2, 0.25) is 0 Å². The van der Waals surface area contributed by atoms with Crippen molar-refractivity contribution in [3.63, 3.8) is 0 Å². The molecule has 0 unspecified atom stereocenters. The Balaban J connectivity index is 1.58. The van der Waals surface area contributed by atoms with E-state index in [0.29, 0.717) is 29.9 Å². The lowest BCUT2D eigenvalue weighted by molar-refractivity contribution is 0.218. The first-order valence-electron chi connectivity index (χ1n) is 8.26. The van der Waals surface area contributed by atoms with Gasteiger partial charge in [-0.25, -0.2) is 4.68 Å². The topological polar surface area (TPSA) is 73.4 Å². The lowest BCUT2D eigenvalue weighted by atomic mass is 10.2. The third-order valence-electron chi connectivity index (χ3n) is 4.00. The Labute approximate surface area is 145 Å². The van der Waals surface area contributed by atoms with Crippen LogP contribution in [0.4, 0.5) is 0 Å². The minimum atomic E-state index is -0.232. The number of benzene rings is 1. The summed E-state index contributed by atoms with van der Waals surface area (Å²) in [6, 6.07) is 9.73. The van der Waals surface area contributed by atoms with Crippen LogP contribution in [-0.4, -0.2) is 40.0 Å². The Kier molecular flexibility index (Phi) is 5.14. The van der Waals surface area contributed by atoms with Crippen LogP contribution in [0.25, 0.3) is 10.9 Å². The molecular weight excluding hydrogens is 320 g/mol. The van der Waals surface area contributed by atoms with Crippen molar-refractivity contribution in [3.05, 3.63) is 52.1 Å². The number of hydrogen-bond acceptors (Lipinski definition) is 6. The van der Waals surface area contributed by atoms with E-state index in [1.165, 1.54) is 4.68 Å². The maximum Gasteiger partial charge on any atom is 0.298 e. The molecule has 25 heavy (non-hydrogen) atoms. The van der Waals surface area contributed by atoms with Crippen molar-refractivity contribution in [2.45, 2.75) is 26.9 Å². The number of fused-ring (bicyclic) bond motifs is 1. The van der Waals surface area contributed by atoms with Gasteiger partial charge in [0.05, 0.1) is 24.4 Å². The molecule has 0 spiro atoms.